The Morgan fingerprint density at radius 1 is 1.03 bits per heavy atom. The van der Waals surface area contributed by atoms with Crippen molar-refractivity contribution in [2.24, 2.45) is 0 Å². The van der Waals surface area contributed by atoms with Gasteiger partial charge in [0.1, 0.15) is 47.6 Å². The molecule has 2 aliphatic rings. The molecule has 1 saturated heterocycles. The Bertz CT molecular complexity index is 1050. The molecule has 0 unspecified atom stereocenters. The predicted molar refractivity (Wildman–Crippen MR) is 114 cm³/mol. The molecule has 2 aliphatic heterocycles. The number of phenols is 1. The minimum atomic E-state index is -1.69. The second kappa shape index (κ2) is 9.65. The van der Waals surface area contributed by atoms with E-state index in [1.54, 1.807) is 24.3 Å². The maximum Gasteiger partial charge on any atom is 0.229 e. The molecule has 0 aromatic heterocycles. The van der Waals surface area contributed by atoms with Gasteiger partial charge in [-0.25, -0.2) is 0 Å². The van der Waals surface area contributed by atoms with Gasteiger partial charge in [0.2, 0.25) is 12.0 Å². The first-order chi connectivity index (χ1) is 16.3. The second-order valence-corrected chi connectivity index (χ2v) is 7.92. The van der Waals surface area contributed by atoms with Crippen LogP contribution in [0.5, 0.6) is 28.7 Å². The van der Waals surface area contributed by atoms with E-state index in [2.05, 4.69) is 0 Å². The van der Waals surface area contributed by atoms with E-state index >= 15 is 0 Å². The number of ether oxygens (including phenoxy) is 5. The summed E-state index contributed by atoms with van der Waals surface area (Å²) in [4.78, 5) is 12.9. The van der Waals surface area contributed by atoms with Gasteiger partial charge in [-0.2, -0.15) is 0 Å². The van der Waals surface area contributed by atoms with E-state index in [1.807, 2.05) is 0 Å². The number of ketones is 1. The van der Waals surface area contributed by atoms with Gasteiger partial charge in [-0.15, -0.1) is 0 Å². The minimum Gasteiger partial charge on any atom is -0.507 e. The van der Waals surface area contributed by atoms with Crippen LogP contribution >= 0.6 is 0 Å². The number of methoxy groups -OCH3 is 2. The Hall–Kier alpha value is -3.09. The summed E-state index contributed by atoms with van der Waals surface area (Å²) in [6.07, 6.45) is -8.46. The van der Waals surface area contributed by atoms with Gasteiger partial charge < -0.3 is 49.2 Å². The molecule has 34 heavy (non-hydrogen) atoms. The van der Waals surface area contributed by atoms with Crippen molar-refractivity contribution in [2.75, 3.05) is 20.8 Å². The summed E-state index contributed by atoms with van der Waals surface area (Å²) in [6.45, 7) is -0.643. The predicted octanol–water partition coefficient (Wildman–Crippen LogP) is 0.295. The van der Waals surface area contributed by atoms with E-state index in [4.69, 9.17) is 23.7 Å². The van der Waals surface area contributed by atoms with Crippen LogP contribution in [0.3, 0.4) is 0 Å². The standard InChI is InChI=1S/C23H26O11/c1-30-13-6-4-3-5-10(13)14-7-11(25)17-12(26)8-15(21(31-2)22(17)32-14)33-23-20(29)19(28)18(27)16(9-24)34-23/h3-6,8,14,16,18-20,23-24,26-29H,7,9H2,1-2H3/t14-,16+,18+,19-,20+,23+/m0/s1. The third-order valence-corrected chi connectivity index (χ3v) is 5.87. The Labute approximate surface area is 194 Å². The molecule has 1 fully saturated rings. The number of hydrogen-bond donors (Lipinski definition) is 5. The van der Waals surface area contributed by atoms with Crippen molar-refractivity contribution < 1.29 is 54.0 Å². The Morgan fingerprint density at radius 2 is 1.76 bits per heavy atom. The van der Waals surface area contributed by atoms with Crippen LogP contribution in [-0.2, 0) is 4.74 Å². The van der Waals surface area contributed by atoms with Gasteiger partial charge in [0.15, 0.2) is 17.3 Å². The number of Topliss-reactive ketones (excluding diaryl/α,β-unsaturated/α-hetero) is 1. The van der Waals surface area contributed by atoms with Crippen LogP contribution < -0.4 is 18.9 Å². The third kappa shape index (κ3) is 4.12. The maximum atomic E-state index is 12.9. The fraction of sp³-hybridized carbons (Fsp3) is 0.435. The van der Waals surface area contributed by atoms with Crippen molar-refractivity contribution >= 4 is 5.78 Å². The van der Waals surface area contributed by atoms with Crippen molar-refractivity contribution in [3.05, 3.63) is 41.5 Å². The smallest absolute Gasteiger partial charge is 0.229 e. The molecule has 11 heteroatoms. The number of phenolic OH excluding ortho intramolecular Hbond substituents is 1. The molecule has 0 amide bonds. The number of carbonyl (C=O) groups is 1. The number of rotatable bonds is 6. The fourth-order valence-electron chi connectivity index (χ4n) is 4.12. The van der Waals surface area contributed by atoms with Crippen LogP contribution in [0.25, 0.3) is 0 Å². The van der Waals surface area contributed by atoms with Gasteiger partial charge in [0, 0.05) is 11.6 Å². The van der Waals surface area contributed by atoms with Crippen LogP contribution in [0.1, 0.15) is 28.4 Å². The van der Waals surface area contributed by atoms with Crippen molar-refractivity contribution in [1.82, 2.24) is 0 Å². The zero-order chi connectivity index (χ0) is 24.6. The number of aromatic hydroxyl groups is 1. The molecule has 5 N–H and O–H groups in total. The summed E-state index contributed by atoms with van der Waals surface area (Å²) in [5, 5.41) is 50.3. The van der Waals surface area contributed by atoms with Crippen molar-refractivity contribution in [1.29, 1.82) is 0 Å². The van der Waals surface area contributed by atoms with Crippen LogP contribution in [-0.4, -0.2) is 82.8 Å². The van der Waals surface area contributed by atoms with Gasteiger partial charge in [-0.3, -0.25) is 4.79 Å². The highest BCUT2D eigenvalue weighted by molar-refractivity contribution is 6.04. The lowest BCUT2D eigenvalue weighted by molar-refractivity contribution is -0.277. The van der Waals surface area contributed by atoms with Gasteiger partial charge in [0.05, 0.1) is 27.2 Å². The lowest BCUT2D eigenvalue weighted by atomic mass is 9.94. The normalized spacial score (nSPS) is 28.6. The summed E-state index contributed by atoms with van der Waals surface area (Å²) >= 11 is 0. The average molecular weight is 478 g/mol. The summed E-state index contributed by atoms with van der Waals surface area (Å²) in [5.41, 5.74) is 0.523. The molecule has 0 bridgehead atoms. The van der Waals surface area contributed by atoms with Crippen molar-refractivity contribution in [3.8, 4) is 28.7 Å². The van der Waals surface area contributed by atoms with Crippen LogP contribution in [0, 0.1) is 0 Å². The van der Waals surface area contributed by atoms with E-state index in [-0.39, 0.29) is 29.2 Å². The van der Waals surface area contributed by atoms with E-state index in [0.717, 1.165) is 6.07 Å². The first kappa shape index (κ1) is 24.0. The summed E-state index contributed by atoms with van der Waals surface area (Å²) in [6, 6.07) is 8.13. The zero-order valence-corrected chi connectivity index (χ0v) is 18.5. The molecule has 2 aromatic rings. The number of para-hydroxylation sites is 1. The van der Waals surface area contributed by atoms with E-state index in [1.165, 1.54) is 14.2 Å². The Balaban J connectivity index is 1.71. The summed E-state index contributed by atoms with van der Waals surface area (Å²) in [5.74, 6) is -0.615. The van der Waals surface area contributed by atoms with Crippen LogP contribution in [0.4, 0.5) is 0 Å². The summed E-state index contributed by atoms with van der Waals surface area (Å²) < 4.78 is 27.9. The van der Waals surface area contributed by atoms with Crippen molar-refractivity contribution in [3.63, 3.8) is 0 Å². The molecule has 184 valence electrons. The third-order valence-electron chi connectivity index (χ3n) is 5.87. The first-order valence-corrected chi connectivity index (χ1v) is 10.5. The van der Waals surface area contributed by atoms with Crippen molar-refractivity contribution in [2.45, 2.75) is 43.2 Å². The molecule has 0 aliphatic carbocycles. The number of fused-ring (bicyclic) bond motifs is 1. The van der Waals surface area contributed by atoms with E-state index in [9.17, 15) is 30.3 Å². The highest BCUT2D eigenvalue weighted by Crippen LogP contribution is 2.51. The molecule has 2 heterocycles. The maximum absolute atomic E-state index is 12.9. The second-order valence-electron chi connectivity index (χ2n) is 7.92. The molecular weight excluding hydrogens is 452 g/mol. The molecule has 4 rings (SSSR count). The quantitative estimate of drug-likeness (QED) is 0.388. The number of aliphatic hydroxyl groups is 4. The fourth-order valence-corrected chi connectivity index (χ4v) is 4.12. The lowest BCUT2D eigenvalue weighted by Crippen LogP contribution is -2.60. The molecule has 0 radical (unpaired) electrons. The number of hydrogen-bond acceptors (Lipinski definition) is 11. The van der Waals surface area contributed by atoms with Gasteiger partial charge in [0.25, 0.3) is 0 Å². The number of carbonyl (C=O) groups excluding carboxylic acids is 1. The zero-order valence-electron chi connectivity index (χ0n) is 18.5. The van der Waals surface area contributed by atoms with Gasteiger partial charge >= 0.3 is 0 Å². The first-order valence-electron chi connectivity index (χ1n) is 10.5. The number of aliphatic hydroxyl groups excluding tert-OH is 4. The van der Waals surface area contributed by atoms with Crippen LogP contribution in [0.2, 0.25) is 0 Å². The van der Waals surface area contributed by atoms with Gasteiger partial charge in [-0.1, -0.05) is 18.2 Å². The lowest BCUT2D eigenvalue weighted by Gasteiger charge is -2.39. The molecule has 2 aromatic carbocycles. The summed E-state index contributed by atoms with van der Waals surface area (Å²) in [7, 11) is 2.80. The van der Waals surface area contributed by atoms with E-state index < -0.39 is 54.9 Å². The van der Waals surface area contributed by atoms with Gasteiger partial charge in [-0.05, 0) is 6.07 Å². The molecular formula is C23H26O11. The molecule has 6 atom stereocenters. The molecule has 0 spiro atoms. The van der Waals surface area contributed by atoms with Crippen LogP contribution in [0.15, 0.2) is 30.3 Å². The monoisotopic (exact) mass is 478 g/mol. The largest absolute Gasteiger partial charge is 0.507 e. The topological polar surface area (TPSA) is 164 Å². The van der Waals surface area contributed by atoms with E-state index in [0.29, 0.717) is 11.3 Å². The SMILES string of the molecule is COc1ccccc1[C@@H]1CC(=O)c2c(O)cc(O[C@@H]3O[C@H](CO)[C@@H](O)[C@H](O)[C@H]3O)c(OC)c2O1. The average Bonchev–Trinajstić information content (AvgIpc) is 2.84. The molecule has 0 saturated carbocycles. The Morgan fingerprint density at radius 3 is 2.44 bits per heavy atom. The highest BCUT2D eigenvalue weighted by Gasteiger charge is 2.45. The minimum absolute atomic E-state index is 0.0577. The Kier molecular flexibility index (Phi) is 6.82. The molecule has 11 nitrogen and oxygen atoms in total. The highest BCUT2D eigenvalue weighted by atomic mass is 16.7. The number of benzene rings is 2.